The van der Waals surface area contributed by atoms with E-state index in [-0.39, 0.29) is 21.1 Å². The van der Waals surface area contributed by atoms with Crippen molar-refractivity contribution in [1.82, 2.24) is 19.7 Å². The van der Waals surface area contributed by atoms with Gasteiger partial charge in [-0.2, -0.15) is 18.4 Å². The van der Waals surface area contributed by atoms with Crippen LogP contribution >= 0.6 is 0 Å². The molecule has 0 fully saturated rings. The third-order valence-electron chi connectivity index (χ3n) is 3.88. The third kappa shape index (κ3) is 7.71. The van der Waals surface area contributed by atoms with Gasteiger partial charge in [0.05, 0.1) is 12.8 Å². The first-order valence-corrected chi connectivity index (χ1v) is 9.60. The van der Waals surface area contributed by atoms with Gasteiger partial charge in [0.2, 0.25) is 5.88 Å². The predicted molar refractivity (Wildman–Crippen MR) is 117 cm³/mol. The average Bonchev–Trinajstić information content (AvgIpc) is 3.18. The van der Waals surface area contributed by atoms with Crippen LogP contribution in [0.1, 0.15) is 38.4 Å². The number of aryl methyl sites for hydroxylation is 1. The van der Waals surface area contributed by atoms with Gasteiger partial charge in [0.25, 0.3) is 0 Å². The van der Waals surface area contributed by atoms with Crippen molar-refractivity contribution in [2.24, 2.45) is 7.05 Å². The molecule has 0 saturated carbocycles. The molecule has 7 nitrogen and oxygen atoms in total. The van der Waals surface area contributed by atoms with Crippen molar-refractivity contribution in [1.29, 1.82) is 0 Å². The van der Waals surface area contributed by atoms with Gasteiger partial charge >= 0.3 is 0 Å². The van der Waals surface area contributed by atoms with Crippen molar-refractivity contribution < 1.29 is 25.8 Å². The zero-order chi connectivity index (χ0) is 21.1. The number of nitrogens with zero attached hydrogens (tertiary/aromatic N) is 5. The molecule has 0 aliphatic rings. The van der Waals surface area contributed by atoms with Crippen molar-refractivity contribution in [3.8, 4) is 17.1 Å². The van der Waals surface area contributed by atoms with Crippen LogP contribution in [0.25, 0.3) is 16.7 Å². The summed E-state index contributed by atoms with van der Waals surface area (Å²) in [6.45, 7) is 7.18. The molecule has 0 atom stereocenters. The number of nitrogens with one attached hydrogen (secondary N) is 1. The number of anilines is 1. The van der Waals surface area contributed by atoms with E-state index in [1.165, 1.54) is 6.42 Å². The maximum Gasteiger partial charge on any atom is 0.221 e. The molecule has 0 aromatic carbocycles. The number of pyridine rings is 2. The number of rotatable bonds is 8. The molecule has 3 heterocycles. The first-order chi connectivity index (χ1) is 14.1. The van der Waals surface area contributed by atoms with E-state index in [1.54, 1.807) is 17.1 Å². The summed E-state index contributed by atoms with van der Waals surface area (Å²) in [4.78, 5) is 8.64. The van der Waals surface area contributed by atoms with E-state index >= 15 is 0 Å². The van der Waals surface area contributed by atoms with Crippen LogP contribution in [0.15, 0.2) is 36.8 Å². The molecule has 0 unspecified atom stereocenters. The Morgan fingerprint density at radius 1 is 1.37 bits per heavy atom. The number of ether oxygens (including phenoxy) is 1. The van der Waals surface area contributed by atoms with Crippen molar-refractivity contribution in [2.75, 3.05) is 11.9 Å². The summed E-state index contributed by atoms with van der Waals surface area (Å²) in [5, 5.41) is 16.8. The molecule has 0 radical (unpaired) electrons. The number of hydrogen-bond acceptors (Lipinski definition) is 5. The number of aromatic nitrogens is 4. The van der Waals surface area contributed by atoms with Crippen LogP contribution in [0.5, 0.6) is 5.88 Å². The molecule has 0 saturated heterocycles. The summed E-state index contributed by atoms with van der Waals surface area (Å²) in [5.41, 5.74) is 3.48. The number of hydrogen-bond donors (Lipinski definition) is 1. The minimum Gasteiger partial charge on any atom is -0.877 e. The molecular formula is C22H27N6OW-3. The van der Waals surface area contributed by atoms with Crippen LogP contribution in [-0.2, 0) is 34.7 Å². The van der Waals surface area contributed by atoms with Crippen molar-refractivity contribution in [3.05, 3.63) is 65.9 Å². The van der Waals surface area contributed by atoms with Gasteiger partial charge < -0.3 is 21.9 Å². The fourth-order valence-electron chi connectivity index (χ4n) is 2.39. The van der Waals surface area contributed by atoms with E-state index in [1.807, 2.05) is 38.4 Å². The second-order valence-electron chi connectivity index (χ2n) is 6.18. The van der Waals surface area contributed by atoms with Gasteiger partial charge in [-0.05, 0) is 19.1 Å². The predicted octanol–water partition coefficient (Wildman–Crippen LogP) is 4.29. The summed E-state index contributed by atoms with van der Waals surface area (Å²) in [6, 6.07) is 8.57. The zero-order valence-corrected chi connectivity index (χ0v) is 20.7. The quantitative estimate of drug-likeness (QED) is 0.320. The monoisotopic (exact) mass is 575 g/mol. The molecule has 0 bridgehead atoms. The van der Waals surface area contributed by atoms with Crippen molar-refractivity contribution in [2.45, 2.75) is 33.7 Å². The molecule has 0 aliphatic heterocycles. The molecule has 0 amide bonds. The van der Waals surface area contributed by atoms with Gasteiger partial charge in [0.15, 0.2) is 0 Å². The number of unbranched alkanes of at least 4 members (excludes halogenated alkanes) is 1. The van der Waals surface area contributed by atoms with Gasteiger partial charge in [0, 0.05) is 63.9 Å². The van der Waals surface area contributed by atoms with Crippen LogP contribution in [0, 0.1) is 12.5 Å². The molecule has 160 valence electrons. The van der Waals surface area contributed by atoms with Crippen LogP contribution in [-0.4, -0.2) is 32.6 Å². The first kappa shape index (κ1) is 25.5. The first-order valence-electron chi connectivity index (χ1n) is 9.60. The second-order valence-corrected chi connectivity index (χ2v) is 6.18. The fraction of sp³-hybridized carbons (Fsp3) is 0.318. The van der Waals surface area contributed by atoms with Gasteiger partial charge in [-0.3, -0.25) is 15.9 Å². The fourth-order valence-corrected chi connectivity index (χ4v) is 2.39. The minimum atomic E-state index is 0. The SMILES string of the molecule is CCOc1ncccc1-c1cc(NCc2cnn(C)c2)[c-]c(C=[N-])n1.C[CH-]CC.[W]. The summed E-state index contributed by atoms with van der Waals surface area (Å²) < 4.78 is 7.32. The molecule has 30 heavy (non-hydrogen) atoms. The van der Waals surface area contributed by atoms with E-state index in [0.29, 0.717) is 36.1 Å². The zero-order valence-electron chi connectivity index (χ0n) is 17.8. The topological polar surface area (TPSA) is 87.2 Å². The molecule has 8 heteroatoms. The smallest absolute Gasteiger partial charge is 0.221 e. The molecule has 3 aromatic heterocycles. The second kappa shape index (κ2) is 13.6. The Kier molecular flexibility index (Phi) is 11.6. The minimum absolute atomic E-state index is 0. The van der Waals surface area contributed by atoms with E-state index in [0.717, 1.165) is 17.3 Å². The molecule has 0 aliphatic carbocycles. The van der Waals surface area contributed by atoms with E-state index in [2.05, 4.69) is 46.7 Å². The Labute approximate surface area is 193 Å². The van der Waals surface area contributed by atoms with Gasteiger partial charge in [-0.25, -0.2) is 4.98 Å². The summed E-state index contributed by atoms with van der Waals surface area (Å²) in [7, 11) is 1.87. The summed E-state index contributed by atoms with van der Waals surface area (Å²) in [6.07, 6.45) is 9.64. The Hall–Kier alpha value is -2.53. The Morgan fingerprint density at radius 3 is 2.73 bits per heavy atom. The van der Waals surface area contributed by atoms with Crippen LogP contribution in [0.4, 0.5) is 5.69 Å². The normalized spacial score (nSPS) is 9.73. The van der Waals surface area contributed by atoms with Gasteiger partial charge in [-0.15, -0.1) is 12.1 Å². The van der Waals surface area contributed by atoms with Crippen LogP contribution in [0.2, 0.25) is 0 Å². The molecule has 0 spiro atoms. The molecule has 3 aromatic rings. The maximum atomic E-state index is 9.39. The van der Waals surface area contributed by atoms with E-state index in [4.69, 9.17) is 4.74 Å². The Balaban J connectivity index is 0.000000827. The van der Waals surface area contributed by atoms with Gasteiger partial charge in [0.1, 0.15) is 0 Å². The molecule has 1 N–H and O–H groups in total. The van der Waals surface area contributed by atoms with Gasteiger partial charge in [-0.1, -0.05) is 18.3 Å². The Bertz CT molecular complexity index is 910. The van der Waals surface area contributed by atoms with Crippen molar-refractivity contribution in [3.63, 3.8) is 0 Å². The molecule has 3 rings (SSSR count). The largest absolute Gasteiger partial charge is 0.877 e. The van der Waals surface area contributed by atoms with Crippen LogP contribution < -0.4 is 10.1 Å². The standard InChI is InChI=1S/C18H18N6O.C4H9.W/c1-3-25-18-16(5-4-6-20-18)17-8-14(7-15(9-19)23-17)21-10-13-11-22-24(2)12-13;1-3-4-2;/h4-6,8-9,11-12H,3,10H2,1-2H3,(H,21,23);3H,4H2,1-2H3;/q-2;-1;. The summed E-state index contributed by atoms with van der Waals surface area (Å²) >= 11 is 0. The van der Waals surface area contributed by atoms with Crippen molar-refractivity contribution >= 4 is 11.9 Å². The third-order valence-corrected chi connectivity index (χ3v) is 3.88. The Morgan fingerprint density at radius 2 is 2.13 bits per heavy atom. The van der Waals surface area contributed by atoms with Crippen LogP contribution in [0.3, 0.4) is 0 Å². The summed E-state index contributed by atoms with van der Waals surface area (Å²) in [5.74, 6) is 0.505. The van der Waals surface area contributed by atoms with E-state index < -0.39 is 0 Å². The van der Waals surface area contributed by atoms with E-state index in [9.17, 15) is 5.41 Å². The molecular weight excluding hydrogens is 548 g/mol. The average molecular weight is 575 g/mol. The maximum absolute atomic E-state index is 9.39.